The van der Waals surface area contributed by atoms with Crippen molar-refractivity contribution in [3.8, 4) is 0 Å². The quantitative estimate of drug-likeness (QED) is 0.870. The number of benzene rings is 1. The molecule has 5 nitrogen and oxygen atoms in total. The standard InChI is InChI=1S/C17H21ClN4O/c1-4-5-8-22(3)16-10-15(19-11-20-16)17(23)21-13-7-6-12(2)14(18)9-13/h6-7,9-11H,4-5,8H2,1-3H3,(H,21,23). The molecule has 0 spiro atoms. The summed E-state index contributed by atoms with van der Waals surface area (Å²) in [5, 5.41) is 3.42. The van der Waals surface area contributed by atoms with Crippen molar-refractivity contribution in [2.45, 2.75) is 26.7 Å². The normalized spacial score (nSPS) is 10.4. The van der Waals surface area contributed by atoms with Crippen LogP contribution < -0.4 is 10.2 Å². The number of anilines is 2. The Kier molecular flexibility index (Phi) is 5.93. The van der Waals surface area contributed by atoms with E-state index in [0.29, 0.717) is 16.4 Å². The zero-order chi connectivity index (χ0) is 16.8. The average Bonchev–Trinajstić information content (AvgIpc) is 2.56. The number of rotatable bonds is 6. The molecule has 0 aliphatic rings. The van der Waals surface area contributed by atoms with E-state index in [0.717, 1.165) is 30.8 Å². The molecule has 0 saturated heterocycles. The van der Waals surface area contributed by atoms with Gasteiger partial charge in [0.2, 0.25) is 0 Å². The Balaban J connectivity index is 2.11. The number of amides is 1. The van der Waals surface area contributed by atoms with Gasteiger partial charge >= 0.3 is 0 Å². The second-order valence-electron chi connectivity index (χ2n) is 5.45. The van der Waals surface area contributed by atoms with Crippen molar-refractivity contribution in [3.63, 3.8) is 0 Å². The van der Waals surface area contributed by atoms with Crippen molar-refractivity contribution in [3.05, 3.63) is 46.9 Å². The van der Waals surface area contributed by atoms with E-state index in [2.05, 4.69) is 22.2 Å². The highest BCUT2D eigenvalue weighted by atomic mass is 35.5. The van der Waals surface area contributed by atoms with Crippen LogP contribution in [0.5, 0.6) is 0 Å². The third-order valence-electron chi connectivity index (χ3n) is 3.55. The third-order valence-corrected chi connectivity index (χ3v) is 3.96. The van der Waals surface area contributed by atoms with E-state index in [9.17, 15) is 4.79 Å². The molecule has 1 heterocycles. The number of nitrogens with zero attached hydrogens (tertiary/aromatic N) is 3. The Morgan fingerprint density at radius 1 is 1.30 bits per heavy atom. The lowest BCUT2D eigenvalue weighted by atomic mass is 10.2. The molecule has 0 fully saturated rings. The Morgan fingerprint density at radius 2 is 2.09 bits per heavy atom. The van der Waals surface area contributed by atoms with Crippen molar-refractivity contribution in [2.24, 2.45) is 0 Å². The van der Waals surface area contributed by atoms with Crippen LogP contribution >= 0.6 is 11.6 Å². The molecule has 1 aromatic heterocycles. The van der Waals surface area contributed by atoms with Crippen LogP contribution in [0, 0.1) is 6.92 Å². The molecule has 0 unspecified atom stereocenters. The molecule has 0 saturated carbocycles. The minimum Gasteiger partial charge on any atom is -0.360 e. The van der Waals surface area contributed by atoms with Gasteiger partial charge in [0.1, 0.15) is 17.8 Å². The number of aromatic nitrogens is 2. The van der Waals surface area contributed by atoms with Gasteiger partial charge < -0.3 is 10.2 Å². The molecule has 0 radical (unpaired) electrons. The second kappa shape index (κ2) is 7.92. The maximum Gasteiger partial charge on any atom is 0.274 e. The molecule has 1 aromatic carbocycles. The van der Waals surface area contributed by atoms with Gasteiger partial charge in [0.25, 0.3) is 5.91 Å². The number of aryl methyl sites for hydroxylation is 1. The van der Waals surface area contributed by atoms with Crippen LogP contribution in [0.4, 0.5) is 11.5 Å². The van der Waals surface area contributed by atoms with Crippen LogP contribution in [-0.2, 0) is 0 Å². The largest absolute Gasteiger partial charge is 0.360 e. The summed E-state index contributed by atoms with van der Waals surface area (Å²) < 4.78 is 0. The Morgan fingerprint density at radius 3 is 2.78 bits per heavy atom. The number of nitrogens with one attached hydrogen (secondary N) is 1. The molecule has 122 valence electrons. The molecule has 2 rings (SSSR count). The van der Waals surface area contributed by atoms with Gasteiger partial charge in [-0.25, -0.2) is 9.97 Å². The van der Waals surface area contributed by atoms with E-state index < -0.39 is 0 Å². The van der Waals surface area contributed by atoms with Crippen molar-refractivity contribution in [1.82, 2.24) is 9.97 Å². The van der Waals surface area contributed by atoms with Crippen molar-refractivity contribution >= 4 is 29.0 Å². The van der Waals surface area contributed by atoms with E-state index in [4.69, 9.17) is 11.6 Å². The summed E-state index contributed by atoms with van der Waals surface area (Å²) in [4.78, 5) is 22.6. The highest BCUT2D eigenvalue weighted by Crippen LogP contribution is 2.20. The molecule has 0 bridgehead atoms. The van der Waals surface area contributed by atoms with Crippen LogP contribution in [0.15, 0.2) is 30.6 Å². The third kappa shape index (κ3) is 4.66. The second-order valence-corrected chi connectivity index (χ2v) is 5.86. The topological polar surface area (TPSA) is 58.1 Å². The molecule has 6 heteroatoms. The minimum absolute atomic E-state index is 0.280. The van der Waals surface area contributed by atoms with Crippen molar-refractivity contribution in [2.75, 3.05) is 23.8 Å². The van der Waals surface area contributed by atoms with Gasteiger partial charge in [-0.3, -0.25) is 4.79 Å². The fourth-order valence-corrected chi connectivity index (χ4v) is 2.24. The van der Waals surface area contributed by atoms with E-state index in [-0.39, 0.29) is 5.91 Å². The van der Waals surface area contributed by atoms with Gasteiger partial charge in [-0.2, -0.15) is 0 Å². The highest BCUT2D eigenvalue weighted by Gasteiger charge is 2.11. The summed E-state index contributed by atoms with van der Waals surface area (Å²) in [7, 11) is 1.96. The van der Waals surface area contributed by atoms with E-state index >= 15 is 0 Å². The average molecular weight is 333 g/mol. The van der Waals surface area contributed by atoms with Gasteiger partial charge in [0.05, 0.1) is 0 Å². The lowest BCUT2D eigenvalue weighted by molar-refractivity contribution is 0.102. The number of hydrogen-bond acceptors (Lipinski definition) is 4. The lowest BCUT2D eigenvalue weighted by Gasteiger charge is -2.17. The molecule has 1 N–H and O–H groups in total. The maximum absolute atomic E-state index is 12.3. The number of carbonyl (C=O) groups excluding carboxylic acids is 1. The summed E-state index contributed by atoms with van der Waals surface area (Å²) in [6.07, 6.45) is 3.59. The summed E-state index contributed by atoms with van der Waals surface area (Å²) in [5.74, 6) is 0.456. The van der Waals surface area contributed by atoms with Gasteiger partial charge in [0.15, 0.2) is 0 Å². The Labute approximate surface area is 141 Å². The first kappa shape index (κ1) is 17.2. The Hall–Kier alpha value is -2.14. The monoisotopic (exact) mass is 332 g/mol. The lowest BCUT2D eigenvalue weighted by Crippen LogP contribution is -2.21. The van der Waals surface area contributed by atoms with Crippen LogP contribution in [0.2, 0.25) is 5.02 Å². The van der Waals surface area contributed by atoms with Gasteiger partial charge in [-0.15, -0.1) is 0 Å². The molecular formula is C17H21ClN4O. The van der Waals surface area contributed by atoms with Crippen molar-refractivity contribution < 1.29 is 4.79 Å². The fraction of sp³-hybridized carbons (Fsp3) is 0.353. The van der Waals surface area contributed by atoms with Crippen LogP contribution in [-0.4, -0.2) is 29.5 Å². The van der Waals surface area contributed by atoms with Crippen LogP contribution in [0.1, 0.15) is 35.8 Å². The van der Waals surface area contributed by atoms with E-state index in [1.807, 2.05) is 31.0 Å². The van der Waals surface area contributed by atoms with Crippen LogP contribution in [0.3, 0.4) is 0 Å². The van der Waals surface area contributed by atoms with E-state index in [1.165, 1.54) is 6.33 Å². The summed E-state index contributed by atoms with van der Waals surface area (Å²) in [5.41, 5.74) is 1.94. The fourth-order valence-electron chi connectivity index (χ4n) is 2.06. The zero-order valence-electron chi connectivity index (χ0n) is 13.6. The number of halogens is 1. The smallest absolute Gasteiger partial charge is 0.274 e. The SMILES string of the molecule is CCCCN(C)c1cc(C(=O)Nc2ccc(C)c(Cl)c2)ncn1. The van der Waals surface area contributed by atoms with Crippen molar-refractivity contribution in [1.29, 1.82) is 0 Å². The molecule has 0 atom stereocenters. The molecule has 2 aromatic rings. The summed E-state index contributed by atoms with van der Waals surface area (Å²) in [6.45, 7) is 4.94. The van der Waals surface area contributed by atoms with Gasteiger partial charge in [0, 0.05) is 30.4 Å². The number of hydrogen-bond donors (Lipinski definition) is 1. The predicted octanol–water partition coefficient (Wildman–Crippen LogP) is 3.93. The Bertz CT molecular complexity index is 690. The first-order valence-electron chi connectivity index (χ1n) is 7.62. The minimum atomic E-state index is -0.280. The van der Waals surface area contributed by atoms with Gasteiger partial charge in [-0.1, -0.05) is 31.0 Å². The zero-order valence-corrected chi connectivity index (χ0v) is 14.4. The predicted molar refractivity (Wildman–Crippen MR) is 94.4 cm³/mol. The maximum atomic E-state index is 12.3. The first-order valence-corrected chi connectivity index (χ1v) is 7.99. The number of carbonyl (C=O) groups is 1. The molecule has 1 amide bonds. The van der Waals surface area contributed by atoms with Crippen LogP contribution in [0.25, 0.3) is 0 Å². The summed E-state index contributed by atoms with van der Waals surface area (Å²) >= 11 is 6.07. The molecule has 0 aliphatic carbocycles. The molecular weight excluding hydrogens is 312 g/mol. The number of unbranched alkanes of at least 4 members (excludes halogenated alkanes) is 1. The molecule has 23 heavy (non-hydrogen) atoms. The highest BCUT2D eigenvalue weighted by molar-refractivity contribution is 6.31. The summed E-state index contributed by atoms with van der Waals surface area (Å²) in [6, 6.07) is 7.10. The first-order chi connectivity index (χ1) is 11.0. The molecule has 0 aliphatic heterocycles. The van der Waals surface area contributed by atoms with Gasteiger partial charge in [-0.05, 0) is 31.0 Å². The van der Waals surface area contributed by atoms with E-state index in [1.54, 1.807) is 12.1 Å².